The van der Waals surface area contributed by atoms with Crippen LogP contribution in [0.5, 0.6) is 0 Å². The Bertz CT molecular complexity index is 834. The molecule has 1 aliphatic rings. The molecule has 1 atom stereocenters. The van der Waals surface area contributed by atoms with Crippen molar-refractivity contribution in [2.45, 2.75) is 25.6 Å². The summed E-state index contributed by atoms with van der Waals surface area (Å²) < 4.78 is 36.8. The summed E-state index contributed by atoms with van der Waals surface area (Å²) in [6.07, 6.45) is -1.02. The van der Waals surface area contributed by atoms with Crippen LogP contribution in [-0.2, 0) is 4.79 Å². The lowest BCUT2D eigenvalue weighted by atomic mass is 10.2. The van der Waals surface area contributed by atoms with Crippen LogP contribution in [0.1, 0.15) is 23.7 Å². The summed E-state index contributed by atoms with van der Waals surface area (Å²) in [5, 5.41) is 4.95. The number of fused-ring (bicyclic) bond motifs is 1. The topological polar surface area (TPSA) is 103 Å². The van der Waals surface area contributed by atoms with Crippen molar-refractivity contribution in [3.05, 3.63) is 18.0 Å². The van der Waals surface area contributed by atoms with Gasteiger partial charge in [-0.15, -0.1) is 0 Å². The zero-order chi connectivity index (χ0) is 18.9. The molecule has 140 valence electrons. The smallest absolute Gasteiger partial charge is 0.364 e. The predicted octanol–water partition coefficient (Wildman–Crippen LogP) is 1.28. The van der Waals surface area contributed by atoms with E-state index in [2.05, 4.69) is 20.3 Å². The molecule has 0 bridgehead atoms. The molecule has 26 heavy (non-hydrogen) atoms. The zero-order valence-electron chi connectivity index (χ0n) is 13.9. The van der Waals surface area contributed by atoms with Crippen molar-refractivity contribution < 1.29 is 22.8 Å². The summed E-state index contributed by atoms with van der Waals surface area (Å²) >= 11 is 0. The molecule has 3 rings (SSSR count). The number of amides is 2. The average molecular weight is 370 g/mol. The van der Waals surface area contributed by atoms with Crippen LogP contribution in [0.4, 0.5) is 19.0 Å². The molecule has 0 unspecified atom stereocenters. The summed E-state index contributed by atoms with van der Waals surface area (Å²) in [7, 11) is 0. The van der Waals surface area contributed by atoms with Crippen molar-refractivity contribution in [3.8, 4) is 0 Å². The number of hydrogen-bond acceptors (Lipinski definition) is 5. The molecular formula is C15H17F3N6O2. The van der Waals surface area contributed by atoms with E-state index in [1.54, 1.807) is 4.90 Å². The minimum absolute atomic E-state index is 0.00732. The molecule has 2 aromatic rings. The maximum atomic E-state index is 12.3. The molecule has 2 aromatic heterocycles. The van der Waals surface area contributed by atoms with E-state index in [-0.39, 0.29) is 23.0 Å². The van der Waals surface area contributed by atoms with Crippen molar-refractivity contribution in [2.24, 2.45) is 0 Å². The number of hydrogen-bond donors (Lipinski definition) is 3. The van der Waals surface area contributed by atoms with Gasteiger partial charge in [-0.25, -0.2) is 9.97 Å². The quantitative estimate of drug-likeness (QED) is 0.752. The van der Waals surface area contributed by atoms with Crippen molar-refractivity contribution in [1.29, 1.82) is 0 Å². The monoisotopic (exact) mass is 370 g/mol. The van der Waals surface area contributed by atoms with Crippen molar-refractivity contribution in [2.75, 3.05) is 25.0 Å². The maximum Gasteiger partial charge on any atom is 0.405 e. The zero-order valence-corrected chi connectivity index (χ0v) is 13.9. The fraction of sp³-hybridized carbons (Fsp3) is 0.467. The van der Waals surface area contributed by atoms with Crippen molar-refractivity contribution in [3.63, 3.8) is 0 Å². The molecule has 8 nitrogen and oxygen atoms in total. The first-order valence-corrected chi connectivity index (χ1v) is 7.94. The van der Waals surface area contributed by atoms with Gasteiger partial charge in [-0.3, -0.25) is 9.59 Å². The third-order valence-corrected chi connectivity index (χ3v) is 4.06. The number of aromatic amines is 1. The Morgan fingerprint density at radius 2 is 2.19 bits per heavy atom. The summed E-state index contributed by atoms with van der Waals surface area (Å²) in [6.45, 7) is 1.24. The van der Waals surface area contributed by atoms with Crippen molar-refractivity contribution in [1.82, 2.24) is 25.2 Å². The number of rotatable bonds is 4. The normalized spacial score (nSPS) is 17.5. The summed E-state index contributed by atoms with van der Waals surface area (Å²) in [5.41, 5.74) is 0.456. The fourth-order valence-electron chi connectivity index (χ4n) is 2.78. The van der Waals surface area contributed by atoms with Crippen LogP contribution in [-0.4, -0.2) is 63.5 Å². The van der Waals surface area contributed by atoms with Gasteiger partial charge in [-0.1, -0.05) is 0 Å². The number of anilines is 1. The number of carbonyl (C=O) groups excluding carboxylic acids is 2. The van der Waals surface area contributed by atoms with E-state index in [9.17, 15) is 22.8 Å². The third kappa shape index (κ3) is 4.03. The molecule has 3 N–H and O–H groups in total. The Morgan fingerprint density at radius 3 is 2.85 bits per heavy atom. The highest BCUT2D eigenvalue weighted by molar-refractivity contribution is 6.04. The number of alkyl halides is 3. The molecule has 2 amide bonds. The molecule has 0 saturated carbocycles. The van der Waals surface area contributed by atoms with Gasteiger partial charge in [0, 0.05) is 32.3 Å². The molecular weight excluding hydrogens is 353 g/mol. The average Bonchev–Trinajstić information content (AvgIpc) is 3.18. The van der Waals surface area contributed by atoms with Gasteiger partial charge >= 0.3 is 6.18 Å². The second-order valence-corrected chi connectivity index (χ2v) is 6.05. The SMILES string of the molecule is CC(=O)N1CC[C@H](Nc2cnc3[nH]cc(C(=O)NCC(F)(F)F)c3n2)C1. The van der Waals surface area contributed by atoms with Gasteiger partial charge in [0.15, 0.2) is 5.65 Å². The van der Waals surface area contributed by atoms with E-state index in [1.165, 1.54) is 19.3 Å². The van der Waals surface area contributed by atoms with Crippen LogP contribution >= 0.6 is 0 Å². The highest BCUT2D eigenvalue weighted by atomic mass is 19.4. The maximum absolute atomic E-state index is 12.3. The molecule has 0 aliphatic carbocycles. The molecule has 1 fully saturated rings. The van der Waals surface area contributed by atoms with Crippen LogP contribution in [0.15, 0.2) is 12.4 Å². The molecule has 3 heterocycles. The summed E-state index contributed by atoms with van der Waals surface area (Å²) in [5.74, 6) is -0.508. The minimum Gasteiger partial charge on any atom is -0.364 e. The Morgan fingerprint density at radius 1 is 1.42 bits per heavy atom. The van der Waals surface area contributed by atoms with Crippen LogP contribution in [0.3, 0.4) is 0 Å². The highest BCUT2D eigenvalue weighted by Crippen LogP contribution is 2.19. The van der Waals surface area contributed by atoms with Crippen LogP contribution in [0.25, 0.3) is 11.2 Å². The first kappa shape index (κ1) is 18.0. The van der Waals surface area contributed by atoms with Crippen LogP contribution in [0.2, 0.25) is 0 Å². The number of likely N-dealkylation sites (tertiary alicyclic amines) is 1. The molecule has 11 heteroatoms. The number of nitrogens with zero attached hydrogens (tertiary/aromatic N) is 3. The number of aromatic nitrogens is 3. The largest absolute Gasteiger partial charge is 0.405 e. The lowest BCUT2D eigenvalue weighted by Gasteiger charge is -2.15. The lowest BCUT2D eigenvalue weighted by molar-refractivity contribution is -0.127. The van der Waals surface area contributed by atoms with Gasteiger partial charge in [0.2, 0.25) is 5.91 Å². The van der Waals surface area contributed by atoms with E-state index < -0.39 is 18.6 Å². The van der Waals surface area contributed by atoms with E-state index in [4.69, 9.17) is 0 Å². The predicted molar refractivity (Wildman–Crippen MR) is 86.6 cm³/mol. The number of halogens is 3. The minimum atomic E-state index is -4.49. The van der Waals surface area contributed by atoms with Crippen LogP contribution in [0, 0.1) is 0 Å². The Kier molecular flexibility index (Phi) is 4.70. The summed E-state index contributed by atoms with van der Waals surface area (Å²) in [4.78, 5) is 36.2. The summed E-state index contributed by atoms with van der Waals surface area (Å²) in [6, 6.07) is -0.00732. The highest BCUT2D eigenvalue weighted by Gasteiger charge is 2.29. The second kappa shape index (κ2) is 6.81. The number of nitrogens with one attached hydrogen (secondary N) is 3. The Balaban J connectivity index is 1.74. The Labute approximate surface area is 146 Å². The first-order chi connectivity index (χ1) is 12.2. The van der Waals surface area contributed by atoms with Gasteiger partial charge in [-0.2, -0.15) is 13.2 Å². The first-order valence-electron chi connectivity index (χ1n) is 7.94. The van der Waals surface area contributed by atoms with Gasteiger partial charge in [0.1, 0.15) is 17.9 Å². The van der Waals surface area contributed by atoms with Gasteiger partial charge < -0.3 is 20.5 Å². The number of carbonyl (C=O) groups is 2. The molecule has 1 saturated heterocycles. The fourth-order valence-corrected chi connectivity index (χ4v) is 2.78. The molecule has 0 spiro atoms. The van der Waals surface area contributed by atoms with Gasteiger partial charge in [0.25, 0.3) is 5.91 Å². The van der Waals surface area contributed by atoms with E-state index in [1.807, 2.05) is 5.32 Å². The molecule has 0 aromatic carbocycles. The second-order valence-electron chi connectivity index (χ2n) is 6.05. The Hall–Kier alpha value is -2.85. The molecule has 0 radical (unpaired) electrons. The van der Waals surface area contributed by atoms with E-state index in [0.717, 1.165) is 6.42 Å². The molecule has 1 aliphatic heterocycles. The lowest BCUT2D eigenvalue weighted by Crippen LogP contribution is -2.33. The number of H-pyrrole nitrogens is 1. The van der Waals surface area contributed by atoms with Gasteiger partial charge in [0.05, 0.1) is 11.8 Å². The van der Waals surface area contributed by atoms with Crippen LogP contribution < -0.4 is 10.6 Å². The van der Waals surface area contributed by atoms with Crippen molar-refractivity contribution >= 4 is 28.8 Å². The van der Waals surface area contributed by atoms with Gasteiger partial charge in [-0.05, 0) is 6.42 Å². The standard InChI is InChI=1S/C15H17F3N6O2/c1-8(25)24-3-2-9(6-24)22-11-5-20-13-12(23-11)10(4-19-13)14(26)21-7-15(16,17)18/h4-5,9H,2-3,6-7H2,1H3,(H,19,20)(H,21,26)(H,22,23)/t9-/m0/s1. The van der Waals surface area contributed by atoms with E-state index in [0.29, 0.717) is 24.6 Å². The van der Waals surface area contributed by atoms with E-state index >= 15 is 0 Å². The third-order valence-electron chi connectivity index (χ3n) is 4.06.